The molecular weight excluding hydrogens is 380 g/mol. The molecule has 5 nitrogen and oxygen atoms in total. The number of hydrogen-bond donors (Lipinski definition) is 1. The maximum atomic E-state index is 12.1. The van der Waals surface area contributed by atoms with Gasteiger partial charge in [0.2, 0.25) is 5.91 Å². The molecule has 1 heterocycles. The minimum Gasteiger partial charge on any atom is -0.375 e. The standard InChI is InChI=1S/C20H32N2O3S2/c1-16(23)9-11-20(4,5)25-15-19(2,3)14-22-17(24)10-13-26-27-18-8-6-7-12-21-18/h6-8,12H,9-11,13-15H2,1-5H3,(H,22,24). The van der Waals surface area contributed by atoms with Crippen molar-refractivity contribution in [1.29, 1.82) is 0 Å². The summed E-state index contributed by atoms with van der Waals surface area (Å²) in [5.41, 5.74) is -0.509. The average molecular weight is 413 g/mol. The van der Waals surface area contributed by atoms with Gasteiger partial charge in [0, 0.05) is 36.8 Å². The van der Waals surface area contributed by atoms with Crippen molar-refractivity contribution < 1.29 is 14.3 Å². The van der Waals surface area contributed by atoms with Crippen LogP contribution in [0.3, 0.4) is 0 Å². The number of ketones is 1. The highest BCUT2D eigenvalue weighted by atomic mass is 33.1. The van der Waals surface area contributed by atoms with Crippen LogP contribution in [0.15, 0.2) is 29.4 Å². The van der Waals surface area contributed by atoms with Gasteiger partial charge in [-0.3, -0.25) is 4.79 Å². The van der Waals surface area contributed by atoms with Gasteiger partial charge in [0.25, 0.3) is 0 Å². The summed E-state index contributed by atoms with van der Waals surface area (Å²) in [6, 6.07) is 5.80. The van der Waals surface area contributed by atoms with Gasteiger partial charge < -0.3 is 14.8 Å². The molecule has 0 bridgehead atoms. The van der Waals surface area contributed by atoms with Gasteiger partial charge in [-0.2, -0.15) is 0 Å². The first kappa shape index (κ1) is 24.0. The van der Waals surface area contributed by atoms with Crippen molar-refractivity contribution in [2.75, 3.05) is 18.9 Å². The number of aromatic nitrogens is 1. The van der Waals surface area contributed by atoms with Crippen molar-refractivity contribution in [3.63, 3.8) is 0 Å². The smallest absolute Gasteiger partial charge is 0.220 e. The first-order valence-corrected chi connectivity index (χ1v) is 11.5. The second-order valence-corrected chi connectivity index (χ2v) is 10.5. The Morgan fingerprint density at radius 2 is 1.93 bits per heavy atom. The summed E-state index contributed by atoms with van der Waals surface area (Å²) in [6.45, 7) is 10.8. The molecule has 7 heteroatoms. The van der Waals surface area contributed by atoms with E-state index >= 15 is 0 Å². The van der Waals surface area contributed by atoms with Crippen LogP contribution < -0.4 is 5.32 Å². The first-order chi connectivity index (χ1) is 12.6. The van der Waals surface area contributed by atoms with Crippen LogP contribution >= 0.6 is 21.6 Å². The molecule has 1 aromatic rings. The molecular formula is C20H32N2O3S2. The first-order valence-electron chi connectivity index (χ1n) is 9.20. The van der Waals surface area contributed by atoms with Gasteiger partial charge >= 0.3 is 0 Å². The summed E-state index contributed by atoms with van der Waals surface area (Å²) in [5, 5.41) is 3.95. The molecule has 152 valence electrons. The van der Waals surface area contributed by atoms with Gasteiger partial charge in [0.1, 0.15) is 10.8 Å². The maximum Gasteiger partial charge on any atom is 0.220 e. The van der Waals surface area contributed by atoms with E-state index in [0.29, 0.717) is 32.4 Å². The normalized spacial score (nSPS) is 12.0. The van der Waals surface area contributed by atoms with Gasteiger partial charge in [0.05, 0.1) is 12.2 Å². The number of amides is 1. The Morgan fingerprint density at radius 1 is 1.19 bits per heavy atom. The molecule has 1 amide bonds. The molecule has 0 aliphatic carbocycles. The highest BCUT2D eigenvalue weighted by molar-refractivity contribution is 8.76. The Bertz CT molecular complexity index is 592. The predicted octanol–water partition coefficient (Wildman–Crippen LogP) is 4.52. The fourth-order valence-corrected chi connectivity index (χ4v) is 3.92. The molecule has 0 saturated heterocycles. The van der Waals surface area contributed by atoms with Crippen molar-refractivity contribution in [2.45, 2.75) is 64.5 Å². The Morgan fingerprint density at radius 3 is 2.56 bits per heavy atom. The van der Waals surface area contributed by atoms with Crippen LogP contribution in [0.5, 0.6) is 0 Å². The second kappa shape index (κ2) is 11.7. The van der Waals surface area contributed by atoms with Gasteiger partial charge in [0.15, 0.2) is 0 Å². The van der Waals surface area contributed by atoms with E-state index < -0.39 is 0 Å². The molecule has 27 heavy (non-hydrogen) atoms. The summed E-state index contributed by atoms with van der Waals surface area (Å²) in [4.78, 5) is 27.4. The van der Waals surface area contributed by atoms with Crippen molar-refractivity contribution in [2.24, 2.45) is 5.41 Å². The molecule has 0 unspecified atom stereocenters. The van der Waals surface area contributed by atoms with Crippen LogP contribution in [0, 0.1) is 5.41 Å². The number of hydrogen-bond acceptors (Lipinski definition) is 6. The number of rotatable bonds is 13. The van der Waals surface area contributed by atoms with Crippen LogP contribution in [0.2, 0.25) is 0 Å². The van der Waals surface area contributed by atoms with E-state index in [2.05, 4.69) is 24.1 Å². The third-order valence-corrected chi connectivity index (χ3v) is 6.16. The van der Waals surface area contributed by atoms with Crippen molar-refractivity contribution >= 4 is 33.3 Å². The van der Waals surface area contributed by atoms with Crippen molar-refractivity contribution in [3.8, 4) is 0 Å². The highest BCUT2D eigenvalue weighted by Gasteiger charge is 2.25. The van der Waals surface area contributed by atoms with Crippen molar-refractivity contribution in [3.05, 3.63) is 24.4 Å². The lowest BCUT2D eigenvalue weighted by Gasteiger charge is -2.32. The van der Waals surface area contributed by atoms with Gasteiger partial charge in [-0.25, -0.2) is 4.98 Å². The van der Waals surface area contributed by atoms with Gasteiger partial charge in [-0.05, 0) is 50.1 Å². The lowest BCUT2D eigenvalue weighted by atomic mass is 9.93. The summed E-state index contributed by atoms with van der Waals surface area (Å²) < 4.78 is 6.01. The number of pyridine rings is 1. The molecule has 0 aromatic carbocycles. The number of carbonyl (C=O) groups excluding carboxylic acids is 2. The third-order valence-electron chi connectivity index (χ3n) is 3.89. The van der Waals surface area contributed by atoms with Crippen LogP contribution in [0.1, 0.15) is 53.9 Å². The molecule has 0 spiro atoms. The van der Waals surface area contributed by atoms with Crippen molar-refractivity contribution in [1.82, 2.24) is 10.3 Å². The Balaban J connectivity index is 2.21. The summed E-state index contributed by atoms with van der Waals surface area (Å²) in [6.07, 6.45) is 3.47. The van der Waals surface area contributed by atoms with Crippen LogP contribution in [-0.4, -0.2) is 41.2 Å². The Kier molecular flexibility index (Phi) is 10.4. The number of nitrogens with zero attached hydrogens (tertiary/aromatic N) is 1. The second-order valence-electron chi connectivity index (χ2n) is 8.01. The summed E-state index contributed by atoms with van der Waals surface area (Å²) >= 11 is 0. The van der Waals surface area contributed by atoms with Crippen LogP contribution in [0.25, 0.3) is 0 Å². The van der Waals surface area contributed by atoms with E-state index in [1.165, 1.54) is 0 Å². The molecule has 1 aromatic heterocycles. The zero-order chi connectivity index (χ0) is 20.3. The highest BCUT2D eigenvalue weighted by Crippen LogP contribution is 2.29. The lowest BCUT2D eigenvalue weighted by molar-refractivity contribution is -0.122. The van der Waals surface area contributed by atoms with E-state index in [1.807, 2.05) is 32.0 Å². The minimum atomic E-state index is -0.341. The van der Waals surface area contributed by atoms with E-state index in [0.717, 1.165) is 10.8 Å². The average Bonchev–Trinajstić information content (AvgIpc) is 2.62. The topological polar surface area (TPSA) is 68.3 Å². The molecule has 1 N–H and O–H groups in total. The predicted molar refractivity (Wildman–Crippen MR) is 114 cm³/mol. The monoisotopic (exact) mass is 412 g/mol. The quantitative estimate of drug-likeness (QED) is 0.379. The number of ether oxygens (including phenoxy) is 1. The van der Waals surface area contributed by atoms with Gasteiger partial charge in [-0.15, -0.1) is 0 Å². The molecule has 0 fully saturated rings. The van der Waals surface area contributed by atoms with E-state index in [9.17, 15) is 9.59 Å². The fraction of sp³-hybridized carbons (Fsp3) is 0.650. The molecule has 1 rings (SSSR count). The van der Waals surface area contributed by atoms with E-state index in [4.69, 9.17) is 4.74 Å². The molecule has 0 saturated carbocycles. The van der Waals surface area contributed by atoms with Crippen LogP contribution in [0.4, 0.5) is 0 Å². The number of carbonyl (C=O) groups is 2. The maximum absolute atomic E-state index is 12.1. The molecule has 0 atom stereocenters. The largest absolute Gasteiger partial charge is 0.375 e. The van der Waals surface area contributed by atoms with E-state index in [-0.39, 0.29) is 22.7 Å². The molecule has 0 radical (unpaired) electrons. The zero-order valence-electron chi connectivity index (χ0n) is 17.0. The number of Topliss-reactive ketones (excluding diaryl/α,β-unsaturated/α-hetero) is 1. The zero-order valence-corrected chi connectivity index (χ0v) is 18.7. The van der Waals surface area contributed by atoms with Gasteiger partial charge in [-0.1, -0.05) is 30.7 Å². The Hall–Kier alpha value is -1.05. The lowest BCUT2D eigenvalue weighted by Crippen LogP contribution is -2.39. The molecule has 0 aliphatic heterocycles. The third kappa shape index (κ3) is 12.1. The van der Waals surface area contributed by atoms with Crippen LogP contribution in [-0.2, 0) is 14.3 Å². The fourth-order valence-electron chi connectivity index (χ4n) is 2.05. The summed E-state index contributed by atoms with van der Waals surface area (Å²) in [5.74, 6) is 0.965. The Labute approximate surface area is 171 Å². The number of nitrogens with one attached hydrogen (secondary N) is 1. The summed E-state index contributed by atoms with van der Waals surface area (Å²) in [7, 11) is 3.22. The molecule has 0 aliphatic rings. The van der Waals surface area contributed by atoms with E-state index in [1.54, 1.807) is 34.7 Å². The minimum absolute atomic E-state index is 0.0491. The SMILES string of the molecule is CC(=O)CCC(C)(C)OCC(C)(C)CNC(=O)CCSSc1ccccn1.